The SMILES string of the molecule is CSc1ccccc1C=CCC#N. The minimum Gasteiger partial charge on any atom is -0.198 e. The molecule has 0 atom stereocenters. The maximum Gasteiger partial charge on any atom is 0.0663 e. The lowest BCUT2D eigenvalue weighted by Crippen LogP contribution is -1.76. The minimum atomic E-state index is 0.475. The van der Waals surface area contributed by atoms with E-state index in [-0.39, 0.29) is 0 Å². The van der Waals surface area contributed by atoms with Gasteiger partial charge in [-0.1, -0.05) is 30.4 Å². The highest BCUT2D eigenvalue weighted by Crippen LogP contribution is 2.20. The topological polar surface area (TPSA) is 23.8 Å². The molecule has 0 amide bonds. The Morgan fingerprint density at radius 1 is 1.46 bits per heavy atom. The average Bonchev–Trinajstić information content (AvgIpc) is 2.19. The van der Waals surface area contributed by atoms with Crippen molar-refractivity contribution in [2.75, 3.05) is 6.26 Å². The molecule has 0 fully saturated rings. The van der Waals surface area contributed by atoms with Crippen LogP contribution >= 0.6 is 11.8 Å². The number of nitriles is 1. The van der Waals surface area contributed by atoms with Gasteiger partial charge in [0.15, 0.2) is 0 Å². The molecule has 0 heterocycles. The first-order valence-corrected chi connectivity index (χ1v) is 5.27. The Labute approximate surface area is 83.1 Å². The first-order valence-electron chi connectivity index (χ1n) is 4.05. The molecule has 0 aliphatic carbocycles. The fourth-order valence-electron chi connectivity index (χ4n) is 1.04. The summed E-state index contributed by atoms with van der Waals surface area (Å²) in [5.41, 5.74) is 1.19. The van der Waals surface area contributed by atoms with Gasteiger partial charge in [-0.05, 0) is 17.9 Å². The van der Waals surface area contributed by atoms with Crippen LogP contribution in [0.25, 0.3) is 6.08 Å². The zero-order valence-electron chi connectivity index (χ0n) is 7.53. The largest absolute Gasteiger partial charge is 0.198 e. The molecule has 0 N–H and O–H groups in total. The lowest BCUT2D eigenvalue weighted by molar-refractivity contribution is 1.35. The summed E-state index contributed by atoms with van der Waals surface area (Å²) in [4.78, 5) is 1.25. The smallest absolute Gasteiger partial charge is 0.0663 e. The highest BCUT2D eigenvalue weighted by atomic mass is 32.2. The second-order valence-electron chi connectivity index (χ2n) is 2.51. The van der Waals surface area contributed by atoms with E-state index in [1.807, 2.05) is 24.3 Å². The minimum absolute atomic E-state index is 0.475. The molecule has 0 saturated carbocycles. The van der Waals surface area contributed by atoms with Crippen molar-refractivity contribution in [2.45, 2.75) is 11.3 Å². The van der Waals surface area contributed by atoms with Gasteiger partial charge in [-0.2, -0.15) is 5.26 Å². The molecule has 0 bridgehead atoms. The van der Waals surface area contributed by atoms with Crippen LogP contribution in [-0.4, -0.2) is 6.26 Å². The highest BCUT2D eigenvalue weighted by molar-refractivity contribution is 7.98. The van der Waals surface area contributed by atoms with E-state index >= 15 is 0 Å². The summed E-state index contributed by atoms with van der Waals surface area (Å²) < 4.78 is 0. The summed E-state index contributed by atoms with van der Waals surface area (Å²) in [5.74, 6) is 0. The van der Waals surface area contributed by atoms with Crippen molar-refractivity contribution in [3.05, 3.63) is 35.9 Å². The van der Waals surface area contributed by atoms with Crippen LogP contribution in [0.2, 0.25) is 0 Å². The first-order chi connectivity index (χ1) is 6.38. The quantitative estimate of drug-likeness (QED) is 0.681. The van der Waals surface area contributed by atoms with E-state index in [0.717, 1.165) is 0 Å². The van der Waals surface area contributed by atoms with E-state index < -0.39 is 0 Å². The molecule has 0 aliphatic heterocycles. The first kappa shape index (κ1) is 9.88. The van der Waals surface area contributed by atoms with Crippen LogP contribution in [-0.2, 0) is 0 Å². The number of hydrogen-bond acceptors (Lipinski definition) is 2. The average molecular weight is 189 g/mol. The molecule has 1 aromatic carbocycles. The number of hydrogen-bond donors (Lipinski definition) is 0. The summed E-state index contributed by atoms with van der Waals surface area (Å²) in [6.07, 6.45) is 6.41. The molecule has 2 heteroatoms. The zero-order valence-corrected chi connectivity index (χ0v) is 8.34. The fraction of sp³-hybridized carbons (Fsp3) is 0.182. The van der Waals surface area contributed by atoms with Crippen molar-refractivity contribution in [2.24, 2.45) is 0 Å². The van der Waals surface area contributed by atoms with E-state index in [0.29, 0.717) is 6.42 Å². The standard InChI is InChI=1S/C11H11NS/c1-13-11-8-3-2-6-10(11)7-4-5-9-12/h2-4,6-8H,5H2,1H3. The molecule has 1 rings (SSSR count). The lowest BCUT2D eigenvalue weighted by Gasteiger charge is -2.00. The van der Waals surface area contributed by atoms with Gasteiger partial charge in [0.25, 0.3) is 0 Å². The van der Waals surface area contributed by atoms with E-state index in [1.165, 1.54) is 10.5 Å². The van der Waals surface area contributed by atoms with Gasteiger partial charge in [0.2, 0.25) is 0 Å². The predicted octanol–water partition coefficient (Wildman–Crippen LogP) is 3.34. The lowest BCUT2D eigenvalue weighted by atomic mass is 10.2. The van der Waals surface area contributed by atoms with Crippen LogP contribution < -0.4 is 0 Å². The molecule has 0 radical (unpaired) electrons. The third kappa shape index (κ3) is 2.96. The van der Waals surface area contributed by atoms with Crippen molar-refractivity contribution in [1.29, 1.82) is 5.26 Å². The Morgan fingerprint density at radius 2 is 2.23 bits per heavy atom. The second kappa shape index (κ2) is 5.45. The van der Waals surface area contributed by atoms with Crippen LogP contribution in [0.5, 0.6) is 0 Å². The highest BCUT2D eigenvalue weighted by Gasteiger charge is 1.94. The van der Waals surface area contributed by atoms with Gasteiger partial charge in [0.1, 0.15) is 0 Å². The van der Waals surface area contributed by atoms with Gasteiger partial charge in [0.05, 0.1) is 12.5 Å². The summed E-state index contributed by atoms with van der Waals surface area (Å²) in [7, 11) is 0. The summed E-state index contributed by atoms with van der Waals surface area (Å²) in [6.45, 7) is 0. The summed E-state index contributed by atoms with van der Waals surface area (Å²) in [6, 6.07) is 10.2. The van der Waals surface area contributed by atoms with E-state index in [1.54, 1.807) is 11.8 Å². The van der Waals surface area contributed by atoms with Crippen molar-refractivity contribution in [3.63, 3.8) is 0 Å². The van der Waals surface area contributed by atoms with Crippen molar-refractivity contribution >= 4 is 17.8 Å². The van der Waals surface area contributed by atoms with Crippen LogP contribution in [0, 0.1) is 11.3 Å². The maximum atomic E-state index is 8.36. The number of thioether (sulfide) groups is 1. The molecule has 66 valence electrons. The van der Waals surface area contributed by atoms with Gasteiger partial charge in [-0.25, -0.2) is 0 Å². The van der Waals surface area contributed by atoms with E-state index in [9.17, 15) is 0 Å². The maximum absolute atomic E-state index is 8.36. The Bertz CT molecular complexity index is 336. The third-order valence-corrected chi connectivity index (χ3v) is 2.46. The number of rotatable bonds is 3. The number of benzene rings is 1. The van der Waals surface area contributed by atoms with Gasteiger partial charge >= 0.3 is 0 Å². The molecule has 0 aliphatic rings. The fourth-order valence-corrected chi connectivity index (χ4v) is 1.63. The van der Waals surface area contributed by atoms with Crippen LogP contribution in [0.3, 0.4) is 0 Å². The van der Waals surface area contributed by atoms with Gasteiger partial charge < -0.3 is 0 Å². The third-order valence-electron chi connectivity index (χ3n) is 1.65. The monoisotopic (exact) mass is 189 g/mol. The van der Waals surface area contributed by atoms with Gasteiger partial charge in [0, 0.05) is 4.90 Å². The van der Waals surface area contributed by atoms with E-state index in [4.69, 9.17) is 5.26 Å². The molecule has 0 saturated heterocycles. The normalized spacial score (nSPS) is 10.2. The Kier molecular flexibility index (Phi) is 4.14. The van der Waals surface area contributed by atoms with Gasteiger partial charge in [-0.15, -0.1) is 11.8 Å². The van der Waals surface area contributed by atoms with Crippen molar-refractivity contribution in [1.82, 2.24) is 0 Å². The Hall–Kier alpha value is -1.20. The molecule has 1 aromatic rings. The number of allylic oxidation sites excluding steroid dienone is 1. The van der Waals surface area contributed by atoms with Crippen LogP contribution in [0.4, 0.5) is 0 Å². The molecule has 13 heavy (non-hydrogen) atoms. The molecular weight excluding hydrogens is 178 g/mol. The molecular formula is C11H11NS. The van der Waals surface area contributed by atoms with Crippen LogP contribution in [0.1, 0.15) is 12.0 Å². The Morgan fingerprint density at radius 3 is 2.92 bits per heavy atom. The zero-order chi connectivity index (χ0) is 9.52. The van der Waals surface area contributed by atoms with Gasteiger partial charge in [-0.3, -0.25) is 0 Å². The summed E-state index contributed by atoms with van der Waals surface area (Å²) in [5, 5.41) is 8.36. The summed E-state index contributed by atoms with van der Waals surface area (Å²) >= 11 is 1.72. The molecule has 0 aromatic heterocycles. The predicted molar refractivity (Wildman–Crippen MR) is 57.5 cm³/mol. The van der Waals surface area contributed by atoms with Crippen molar-refractivity contribution < 1.29 is 0 Å². The molecule has 0 unspecified atom stereocenters. The molecule has 0 spiro atoms. The molecule has 1 nitrogen and oxygen atoms in total. The van der Waals surface area contributed by atoms with Crippen LogP contribution in [0.15, 0.2) is 35.2 Å². The second-order valence-corrected chi connectivity index (χ2v) is 3.35. The number of nitrogens with zero attached hydrogens (tertiary/aromatic N) is 1. The van der Waals surface area contributed by atoms with Crippen molar-refractivity contribution in [3.8, 4) is 6.07 Å². The Balaban J connectivity index is 2.82. The van der Waals surface area contributed by atoms with E-state index in [2.05, 4.69) is 24.5 Å².